The van der Waals surface area contributed by atoms with E-state index in [1.165, 1.54) is 13.0 Å². The lowest BCUT2D eigenvalue weighted by molar-refractivity contribution is -0.143. The molecule has 0 fully saturated rings. The average molecular weight is 509 g/mol. The third-order valence-electron chi connectivity index (χ3n) is 3.76. The molecule has 2 aromatic rings. The minimum absolute atomic E-state index is 0.0907. The Labute approximate surface area is 176 Å². The fourth-order valence-corrected chi connectivity index (χ4v) is 5.48. The maximum atomic E-state index is 14.4. The number of benzene rings is 2. The van der Waals surface area contributed by atoms with Gasteiger partial charge < -0.3 is 0 Å². The molecule has 15 heteroatoms. The molecule has 0 aliphatic heterocycles. The van der Waals surface area contributed by atoms with Crippen LogP contribution in [-0.2, 0) is 32.4 Å². The van der Waals surface area contributed by atoms with Crippen LogP contribution in [0.4, 0.5) is 35.1 Å². The van der Waals surface area contributed by atoms with Crippen LogP contribution in [0.15, 0.2) is 46.2 Å². The van der Waals surface area contributed by atoms with Crippen molar-refractivity contribution in [2.24, 2.45) is 0 Å². The van der Waals surface area contributed by atoms with Crippen molar-refractivity contribution in [2.45, 2.75) is 29.1 Å². The first-order valence-corrected chi connectivity index (χ1v) is 11.0. The highest BCUT2D eigenvalue weighted by Gasteiger charge is 2.39. The van der Waals surface area contributed by atoms with Gasteiger partial charge in [0.1, 0.15) is 10.7 Å². The van der Waals surface area contributed by atoms with Crippen LogP contribution in [0, 0.1) is 11.6 Å². The van der Waals surface area contributed by atoms with Gasteiger partial charge in [-0.3, -0.25) is 0 Å². The molecule has 0 saturated carbocycles. The van der Waals surface area contributed by atoms with Crippen LogP contribution in [-0.4, -0.2) is 16.8 Å². The molecule has 0 heterocycles. The molecule has 0 aliphatic rings. The Morgan fingerprint density at radius 1 is 0.781 bits per heavy atom. The summed E-state index contributed by atoms with van der Waals surface area (Å²) in [5.74, 6) is -2.91. The number of hydrogen-bond acceptors (Lipinski definition) is 4. The van der Waals surface area contributed by atoms with E-state index in [1.54, 1.807) is 0 Å². The van der Waals surface area contributed by atoms with Gasteiger partial charge in [-0.15, -0.1) is 4.13 Å². The van der Waals surface area contributed by atoms with Gasteiger partial charge in [-0.1, -0.05) is 12.2 Å². The Morgan fingerprint density at radius 3 is 1.72 bits per heavy atom. The lowest BCUT2D eigenvalue weighted by Gasteiger charge is -2.15. The van der Waals surface area contributed by atoms with Gasteiger partial charge in [0, 0.05) is 5.56 Å². The number of halogens is 8. The van der Waals surface area contributed by atoms with Crippen molar-refractivity contribution in [3.05, 3.63) is 64.7 Å². The quantitative estimate of drug-likeness (QED) is 0.593. The van der Waals surface area contributed by atoms with Crippen molar-refractivity contribution in [3.8, 4) is 0 Å². The monoisotopic (exact) mass is 509 g/mol. The van der Waals surface area contributed by atoms with E-state index in [4.69, 9.17) is 0 Å². The smallest absolute Gasteiger partial charge is 0.207 e. The van der Waals surface area contributed by atoms with Gasteiger partial charge in [-0.05, 0) is 37.3 Å². The number of sulfonamides is 2. The standard InChI is InChI=1S/C17H11F8NO4S2/c1-2-3-9-4-12(18)8-14(15(9)19)32(29,30)26-31(27,28)13-6-10(16(20,21)22)5-11(7-13)17(23,24)25/h2-8,26H,1H3/b3-2+. The molecule has 32 heavy (non-hydrogen) atoms. The fraction of sp³-hybridized carbons (Fsp3) is 0.176. The van der Waals surface area contributed by atoms with Crippen LogP contribution in [0.1, 0.15) is 23.6 Å². The molecule has 1 N–H and O–H groups in total. The molecule has 0 radical (unpaired) electrons. The van der Waals surface area contributed by atoms with E-state index in [-0.39, 0.29) is 24.3 Å². The Hall–Kier alpha value is -2.52. The van der Waals surface area contributed by atoms with E-state index < -0.39 is 70.5 Å². The third kappa shape index (κ3) is 5.63. The highest BCUT2D eigenvalue weighted by atomic mass is 32.3. The lowest BCUT2D eigenvalue weighted by atomic mass is 10.1. The van der Waals surface area contributed by atoms with E-state index in [0.29, 0.717) is 6.07 Å². The summed E-state index contributed by atoms with van der Waals surface area (Å²) in [7, 11) is -11.1. The molecule has 0 aromatic heterocycles. The van der Waals surface area contributed by atoms with Crippen LogP contribution in [0.25, 0.3) is 6.08 Å². The van der Waals surface area contributed by atoms with E-state index in [2.05, 4.69) is 0 Å². The molecule has 0 saturated heterocycles. The maximum absolute atomic E-state index is 14.4. The van der Waals surface area contributed by atoms with Crippen molar-refractivity contribution in [1.29, 1.82) is 0 Å². The summed E-state index contributed by atoms with van der Waals surface area (Å²) in [5, 5.41) is 0. The van der Waals surface area contributed by atoms with Gasteiger partial charge in [-0.2, -0.15) is 26.3 Å². The summed E-state index contributed by atoms with van der Waals surface area (Å²) in [6, 6.07) is -0.178. The molecule has 176 valence electrons. The second-order valence-corrected chi connectivity index (χ2v) is 9.73. The second-order valence-electron chi connectivity index (χ2n) is 6.14. The van der Waals surface area contributed by atoms with E-state index >= 15 is 0 Å². The molecule has 0 amide bonds. The SMILES string of the molecule is C/C=C/c1cc(F)cc(S(=O)(=O)NS(=O)(=O)c2cc(C(F)(F)F)cc(C(F)(F)F)c2)c1F. The number of rotatable bonds is 5. The molecular weight excluding hydrogens is 498 g/mol. The van der Waals surface area contributed by atoms with Crippen LogP contribution < -0.4 is 4.13 Å². The number of nitrogens with one attached hydrogen (secondary N) is 1. The molecule has 0 aliphatic carbocycles. The molecular formula is C17H11F8NO4S2. The zero-order chi connectivity index (χ0) is 24.7. The van der Waals surface area contributed by atoms with Crippen LogP contribution in [0.2, 0.25) is 0 Å². The van der Waals surface area contributed by atoms with Gasteiger partial charge in [-0.25, -0.2) is 25.6 Å². The van der Waals surface area contributed by atoms with Gasteiger partial charge in [0.2, 0.25) is 0 Å². The zero-order valence-electron chi connectivity index (χ0n) is 15.5. The first-order chi connectivity index (χ1) is 14.4. The number of hydrogen-bond donors (Lipinski definition) is 1. The van der Waals surface area contributed by atoms with Gasteiger partial charge >= 0.3 is 12.4 Å². The Morgan fingerprint density at radius 2 is 1.28 bits per heavy atom. The van der Waals surface area contributed by atoms with Crippen molar-refractivity contribution >= 4 is 26.1 Å². The fourth-order valence-electron chi connectivity index (χ4n) is 2.40. The van der Waals surface area contributed by atoms with Crippen molar-refractivity contribution in [2.75, 3.05) is 0 Å². The van der Waals surface area contributed by atoms with Gasteiger partial charge in [0.15, 0.2) is 5.82 Å². The predicted octanol–water partition coefficient (Wildman–Crippen LogP) is 4.70. The second kappa shape index (κ2) is 8.44. The topological polar surface area (TPSA) is 80.3 Å². The summed E-state index contributed by atoms with van der Waals surface area (Å²) < 4.78 is 156. The maximum Gasteiger partial charge on any atom is 0.416 e. The van der Waals surface area contributed by atoms with Crippen LogP contribution >= 0.6 is 0 Å². The zero-order valence-corrected chi connectivity index (χ0v) is 17.1. The summed E-state index contributed by atoms with van der Waals surface area (Å²) in [5.41, 5.74) is -4.67. The summed E-state index contributed by atoms with van der Waals surface area (Å²) in [6.07, 6.45) is -8.70. The summed E-state index contributed by atoms with van der Waals surface area (Å²) in [4.78, 5) is -3.24. The Kier molecular flexibility index (Phi) is 6.79. The van der Waals surface area contributed by atoms with E-state index in [1.807, 2.05) is 0 Å². The first kappa shape index (κ1) is 25.7. The lowest BCUT2D eigenvalue weighted by Crippen LogP contribution is -2.32. The molecule has 0 spiro atoms. The highest BCUT2D eigenvalue weighted by Crippen LogP contribution is 2.37. The minimum atomic E-state index is -5.63. The number of alkyl halides is 6. The molecule has 2 rings (SSSR count). The average Bonchev–Trinajstić information content (AvgIpc) is 2.62. The van der Waals surface area contributed by atoms with Gasteiger partial charge in [0.25, 0.3) is 20.0 Å². The largest absolute Gasteiger partial charge is 0.416 e. The molecule has 0 bridgehead atoms. The van der Waals surface area contributed by atoms with Gasteiger partial charge in [0.05, 0.1) is 16.0 Å². The molecule has 0 unspecified atom stereocenters. The molecule has 5 nitrogen and oxygen atoms in total. The number of allylic oxidation sites excluding steroid dienone is 1. The summed E-state index contributed by atoms with van der Waals surface area (Å²) in [6.45, 7) is 1.37. The third-order valence-corrected chi connectivity index (χ3v) is 7.25. The van der Waals surface area contributed by atoms with E-state index in [0.717, 1.165) is 10.2 Å². The molecule has 0 atom stereocenters. The summed E-state index contributed by atoms with van der Waals surface area (Å²) >= 11 is 0. The van der Waals surface area contributed by atoms with Crippen LogP contribution in [0.3, 0.4) is 0 Å². The Bertz CT molecular complexity index is 1250. The first-order valence-electron chi connectivity index (χ1n) is 8.08. The normalized spacial score (nSPS) is 13.7. The van der Waals surface area contributed by atoms with Crippen molar-refractivity contribution < 1.29 is 52.0 Å². The van der Waals surface area contributed by atoms with Crippen LogP contribution in [0.5, 0.6) is 0 Å². The molecule has 2 aromatic carbocycles. The highest BCUT2D eigenvalue weighted by molar-refractivity contribution is 8.04. The van der Waals surface area contributed by atoms with Crippen molar-refractivity contribution in [3.63, 3.8) is 0 Å². The van der Waals surface area contributed by atoms with E-state index in [9.17, 15) is 52.0 Å². The minimum Gasteiger partial charge on any atom is -0.207 e. The Balaban J connectivity index is 2.66. The predicted molar refractivity (Wildman–Crippen MR) is 95.0 cm³/mol. The van der Waals surface area contributed by atoms with Crippen molar-refractivity contribution in [1.82, 2.24) is 4.13 Å².